The lowest BCUT2D eigenvalue weighted by Gasteiger charge is -2.52. The maximum Gasteiger partial charge on any atom is 0.336 e. The van der Waals surface area contributed by atoms with Crippen molar-refractivity contribution in [2.75, 3.05) is 0 Å². The summed E-state index contributed by atoms with van der Waals surface area (Å²) in [7, 11) is -2.68. The molecule has 6 rings (SSSR count). The lowest BCUT2D eigenvalue weighted by Crippen LogP contribution is -2.47. The third-order valence-electron chi connectivity index (χ3n) is 24.3. The Morgan fingerprint density at radius 1 is 0.211 bits per heavy atom. The topological polar surface area (TPSA) is 27.7 Å². The van der Waals surface area contributed by atoms with E-state index < -0.39 is 25.4 Å². The van der Waals surface area contributed by atoms with Crippen molar-refractivity contribution < 1.29 is 13.6 Å². The molecular weight excluding hydrogens is 1340 g/mol. The fourth-order valence-corrected chi connectivity index (χ4v) is 18.8. The lowest BCUT2D eigenvalue weighted by atomic mass is 9.65. The van der Waals surface area contributed by atoms with Crippen molar-refractivity contribution in [3.05, 3.63) is 209 Å². The van der Waals surface area contributed by atoms with Gasteiger partial charge in [-0.1, -0.05) is 439 Å². The van der Waals surface area contributed by atoms with Crippen LogP contribution in [0, 0.1) is 17.8 Å². The normalized spacial score (nSPS) is 15.4. The van der Waals surface area contributed by atoms with Gasteiger partial charge in [-0.05, 0) is 202 Å². The Kier molecular flexibility index (Phi) is 28.4. The Morgan fingerprint density at radius 2 is 0.349 bits per heavy atom. The van der Waals surface area contributed by atoms with Crippen LogP contribution in [0.15, 0.2) is 109 Å². The molecule has 6 aromatic rings. The molecule has 0 aliphatic rings. The molecule has 3 nitrogen and oxygen atoms in total. The van der Waals surface area contributed by atoms with Gasteiger partial charge in [0.2, 0.25) is 0 Å². The van der Waals surface area contributed by atoms with Crippen molar-refractivity contribution in [2.45, 2.75) is 430 Å². The zero-order valence-corrected chi connectivity index (χ0v) is 79.6. The molecule has 608 valence electrons. The molecule has 0 N–H and O–H groups in total. The van der Waals surface area contributed by atoms with Crippen molar-refractivity contribution in [1.29, 1.82) is 0 Å². The van der Waals surface area contributed by atoms with Crippen molar-refractivity contribution in [2.24, 2.45) is 17.8 Å². The zero-order valence-electron chi connectivity index (χ0n) is 78.7. The molecule has 0 heterocycles. The van der Waals surface area contributed by atoms with Gasteiger partial charge in [0, 0.05) is 0 Å². The van der Waals surface area contributed by atoms with Gasteiger partial charge in [0.25, 0.3) is 0 Å². The van der Waals surface area contributed by atoms with E-state index in [1.807, 2.05) is 0 Å². The van der Waals surface area contributed by atoms with Gasteiger partial charge in [-0.3, -0.25) is 13.6 Å². The van der Waals surface area contributed by atoms with Gasteiger partial charge in [-0.25, -0.2) is 0 Å². The Labute approximate surface area is 675 Å². The highest BCUT2D eigenvalue weighted by Gasteiger charge is 2.58. The van der Waals surface area contributed by atoms with Gasteiger partial charge in [0.1, 0.15) is 16.8 Å². The molecule has 0 fully saturated rings. The zero-order chi connectivity index (χ0) is 83.4. The summed E-state index contributed by atoms with van der Waals surface area (Å²) < 4.78 is 29.2. The van der Waals surface area contributed by atoms with Crippen LogP contribution in [-0.4, -0.2) is 0 Å². The highest BCUT2D eigenvalue weighted by molar-refractivity contribution is 7.41. The number of hydrogen-bond acceptors (Lipinski definition) is 3. The minimum absolute atomic E-state index is 0.133. The Hall–Kier alpha value is -4.37. The van der Waals surface area contributed by atoms with E-state index in [1.54, 1.807) is 0 Å². The molecule has 0 saturated heterocycles. The summed E-state index contributed by atoms with van der Waals surface area (Å²) in [5.41, 5.74) is 15.9. The quantitative estimate of drug-likeness (QED) is 0.0565. The van der Waals surface area contributed by atoms with Gasteiger partial charge < -0.3 is 0 Å². The largest absolute Gasteiger partial charge is 0.336 e. The lowest BCUT2D eigenvalue weighted by molar-refractivity contribution is -0.0641. The molecular formula is C105H165O3P. The smallest absolute Gasteiger partial charge is 0.295 e. The molecule has 0 saturated carbocycles. The predicted molar refractivity (Wildman–Crippen MR) is 482 cm³/mol. The third kappa shape index (κ3) is 20.8. The first kappa shape index (κ1) is 93.5. The summed E-state index contributed by atoms with van der Waals surface area (Å²) in [5.74, 6) is -0.399. The molecule has 0 spiro atoms. The van der Waals surface area contributed by atoms with E-state index >= 15 is 0 Å². The van der Waals surface area contributed by atoms with Crippen LogP contribution >= 0.6 is 8.60 Å². The average molecular weight is 1510 g/mol. The van der Waals surface area contributed by atoms with Crippen LogP contribution in [0.1, 0.15) is 449 Å². The van der Waals surface area contributed by atoms with Gasteiger partial charge in [-0.15, -0.1) is 0 Å². The molecule has 0 radical (unpaired) electrons. The molecule has 4 heteroatoms. The van der Waals surface area contributed by atoms with E-state index in [-0.39, 0.29) is 82.7 Å². The SMILES string of the molecule is CCCCC(C)C(OP(OC(c1ccc(C(C)(C)C)cc1C(C)(C)C)(c1ccc(C(C)(C)C)cc1C(C)(C)C)C(C)CCCC)OC(c1ccc(C(C)(C)C)cc1C(C)(C)C)(c1ccc(C(C)(C)C)cc1C(C)(C)C)C(C)CCCC)(c1ccc(C(C)(C)C)cc1C(C)(C)C)c1ccc(C(C)(C)C)cc1C(C)(C)C. The van der Waals surface area contributed by atoms with Crippen LogP contribution in [-0.2, 0) is 95.4 Å². The van der Waals surface area contributed by atoms with Gasteiger partial charge in [-0.2, -0.15) is 0 Å². The van der Waals surface area contributed by atoms with Crippen LogP contribution in [0.25, 0.3) is 0 Å². The Morgan fingerprint density at radius 3 is 0.459 bits per heavy atom. The summed E-state index contributed by atoms with van der Waals surface area (Å²) in [6, 6.07) is 45.5. The number of hydrogen-bond donors (Lipinski definition) is 0. The molecule has 0 aliphatic heterocycles. The summed E-state index contributed by atoms with van der Waals surface area (Å²) in [6.45, 7) is 102. The Bertz CT molecular complexity index is 3380. The van der Waals surface area contributed by atoms with Gasteiger partial charge >= 0.3 is 8.60 Å². The first-order chi connectivity index (χ1) is 49.2. The van der Waals surface area contributed by atoms with Gasteiger partial charge in [0.05, 0.1) is 0 Å². The van der Waals surface area contributed by atoms with Crippen LogP contribution < -0.4 is 0 Å². The number of rotatable bonds is 24. The maximum absolute atomic E-state index is 9.73. The van der Waals surface area contributed by atoms with Crippen molar-refractivity contribution >= 4 is 8.60 Å². The number of benzene rings is 6. The van der Waals surface area contributed by atoms with E-state index in [9.17, 15) is 13.6 Å². The second-order valence-electron chi connectivity index (χ2n) is 46.4. The van der Waals surface area contributed by atoms with Crippen molar-refractivity contribution in [3.63, 3.8) is 0 Å². The molecule has 6 aromatic carbocycles. The standard InChI is InChI=1S/C105H165O3P/c1-43-46-49-70(4)103(79-58-52-73(91(7,8)9)64-85(79)97(25,26)27,80-59-53-74(92(10,11)12)65-86(80)98(28,29)30)106-109(107-104(71(5)50-47-44-2,81-60-54-75(93(13,14)15)66-87(81)99(31,32)33)82-61-55-76(94(16,17)18)67-88(82)100(34,35)36)108-105(72(6)51-48-45-3,83-62-56-77(95(19,20)21)68-89(83)101(37,38)39)84-63-57-78(96(22,23)24)69-90(84)102(40,41)42/h52-72H,43-51H2,1-42H3. The highest BCUT2D eigenvalue weighted by atomic mass is 31.2. The van der Waals surface area contributed by atoms with Gasteiger partial charge in [0.15, 0.2) is 0 Å². The molecule has 0 aliphatic carbocycles. The average Bonchev–Trinajstić information content (AvgIpc) is 0.678. The van der Waals surface area contributed by atoms with Crippen LogP contribution in [0.4, 0.5) is 0 Å². The van der Waals surface area contributed by atoms with E-state index in [0.29, 0.717) is 0 Å². The fraction of sp³-hybridized carbons (Fsp3) is 0.657. The molecule has 109 heavy (non-hydrogen) atoms. The Balaban J connectivity index is 2.27. The third-order valence-corrected chi connectivity index (χ3v) is 25.6. The first-order valence-corrected chi connectivity index (χ1v) is 44.1. The van der Waals surface area contributed by atoms with E-state index in [4.69, 9.17) is 0 Å². The fourth-order valence-electron chi connectivity index (χ4n) is 16.9. The van der Waals surface area contributed by atoms with E-state index in [0.717, 1.165) is 57.8 Å². The maximum atomic E-state index is 9.73. The molecule has 3 unspecified atom stereocenters. The summed E-state index contributed by atoms with van der Waals surface area (Å²) in [5, 5.41) is 0. The molecule has 0 aromatic heterocycles. The van der Waals surface area contributed by atoms with Crippen LogP contribution in [0.2, 0.25) is 0 Å². The molecule has 0 bridgehead atoms. The summed E-state index contributed by atoms with van der Waals surface area (Å²) in [6.07, 6.45) is 8.78. The van der Waals surface area contributed by atoms with Crippen molar-refractivity contribution in [1.82, 2.24) is 0 Å². The van der Waals surface area contributed by atoms with Crippen molar-refractivity contribution in [3.8, 4) is 0 Å². The second kappa shape index (κ2) is 33.1. The minimum Gasteiger partial charge on any atom is -0.295 e. The number of unbranched alkanes of at least 4 members (excludes halogenated alkanes) is 3. The summed E-state index contributed by atoms with van der Waals surface area (Å²) >= 11 is 0. The molecule has 0 amide bonds. The van der Waals surface area contributed by atoms with E-state index in [2.05, 4.69) is 400 Å². The monoisotopic (exact) mass is 1510 g/mol. The molecule has 3 atom stereocenters. The minimum atomic E-state index is -2.68. The first-order valence-electron chi connectivity index (χ1n) is 43.0. The van der Waals surface area contributed by atoms with Crippen LogP contribution in [0.5, 0.6) is 0 Å². The van der Waals surface area contributed by atoms with E-state index in [1.165, 1.54) is 100 Å². The van der Waals surface area contributed by atoms with Crippen LogP contribution in [0.3, 0.4) is 0 Å². The second-order valence-corrected chi connectivity index (χ2v) is 47.4. The highest BCUT2D eigenvalue weighted by Crippen LogP contribution is 2.68. The summed E-state index contributed by atoms with van der Waals surface area (Å²) in [4.78, 5) is 0. The predicted octanol–water partition coefficient (Wildman–Crippen LogP) is 32.1.